The second-order valence-corrected chi connectivity index (χ2v) is 11.0. The summed E-state index contributed by atoms with van der Waals surface area (Å²) in [7, 11) is 0. The molecular formula is C33H30N2. The van der Waals surface area contributed by atoms with Gasteiger partial charge >= 0.3 is 0 Å². The van der Waals surface area contributed by atoms with Crippen molar-refractivity contribution in [2.24, 2.45) is 5.41 Å². The standard InChI is InChI=1S/C33H30N2/c1-32(2,3)25-18-20-35-31(22-25)27-21-24(23-11-5-4-6-12-23)16-17-29(27)33(35)28-14-8-7-13-26(28)30-15-9-10-19-34(30)33/h4-19,21-22,30H,20H2,1-3H3/t30?,33-/m0/s1. The maximum atomic E-state index is 2.64. The van der Waals surface area contributed by atoms with E-state index in [0.29, 0.717) is 0 Å². The van der Waals surface area contributed by atoms with Crippen LogP contribution in [0, 0.1) is 5.41 Å². The van der Waals surface area contributed by atoms with E-state index in [2.05, 4.69) is 140 Å². The lowest BCUT2D eigenvalue weighted by Gasteiger charge is -2.47. The summed E-state index contributed by atoms with van der Waals surface area (Å²) in [5.74, 6) is 0. The summed E-state index contributed by atoms with van der Waals surface area (Å²) in [4.78, 5) is 5.22. The number of rotatable bonds is 1. The first-order valence-electron chi connectivity index (χ1n) is 12.6. The molecule has 2 atom stereocenters. The predicted octanol–water partition coefficient (Wildman–Crippen LogP) is 7.64. The molecule has 1 unspecified atom stereocenters. The van der Waals surface area contributed by atoms with Gasteiger partial charge in [0.2, 0.25) is 0 Å². The van der Waals surface area contributed by atoms with Crippen LogP contribution in [-0.2, 0) is 5.66 Å². The van der Waals surface area contributed by atoms with Crippen molar-refractivity contribution in [3.63, 3.8) is 0 Å². The van der Waals surface area contributed by atoms with Crippen molar-refractivity contribution in [1.82, 2.24) is 9.80 Å². The summed E-state index contributed by atoms with van der Waals surface area (Å²) in [5, 5.41) is 0. The topological polar surface area (TPSA) is 6.48 Å². The lowest BCUT2D eigenvalue weighted by molar-refractivity contribution is 0.0617. The van der Waals surface area contributed by atoms with E-state index < -0.39 is 0 Å². The number of benzene rings is 3. The van der Waals surface area contributed by atoms with Gasteiger partial charge in [0.05, 0.1) is 6.04 Å². The second kappa shape index (κ2) is 7.11. The van der Waals surface area contributed by atoms with Gasteiger partial charge in [-0.2, -0.15) is 0 Å². The van der Waals surface area contributed by atoms with E-state index in [4.69, 9.17) is 0 Å². The van der Waals surface area contributed by atoms with Gasteiger partial charge in [-0.1, -0.05) is 106 Å². The molecule has 2 nitrogen and oxygen atoms in total. The minimum atomic E-state index is -0.348. The molecule has 0 saturated heterocycles. The molecule has 0 radical (unpaired) electrons. The van der Waals surface area contributed by atoms with Gasteiger partial charge in [0.1, 0.15) is 0 Å². The monoisotopic (exact) mass is 454 g/mol. The van der Waals surface area contributed by atoms with Crippen LogP contribution in [-0.4, -0.2) is 16.3 Å². The Balaban J connectivity index is 1.52. The molecule has 0 aromatic heterocycles. The number of hydrogen-bond donors (Lipinski definition) is 0. The quantitative estimate of drug-likeness (QED) is 0.373. The zero-order valence-electron chi connectivity index (χ0n) is 20.6. The SMILES string of the molecule is CC(C)(C)C1=CCN2C(=C1)c1cc(-c3ccccc3)ccc1[C@]21c2ccccc2C2C=CC=CN21. The Labute approximate surface area is 208 Å². The summed E-state index contributed by atoms with van der Waals surface area (Å²) < 4.78 is 0. The molecule has 4 aliphatic rings. The van der Waals surface area contributed by atoms with E-state index >= 15 is 0 Å². The van der Waals surface area contributed by atoms with Crippen molar-refractivity contribution < 1.29 is 0 Å². The van der Waals surface area contributed by atoms with Crippen molar-refractivity contribution in [3.05, 3.63) is 137 Å². The molecule has 0 fully saturated rings. The van der Waals surface area contributed by atoms with Crippen LogP contribution in [0.4, 0.5) is 0 Å². The Morgan fingerprint density at radius 3 is 2.46 bits per heavy atom. The van der Waals surface area contributed by atoms with E-state index in [-0.39, 0.29) is 17.1 Å². The van der Waals surface area contributed by atoms with E-state index in [1.165, 1.54) is 44.7 Å². The fourth-order valence-electron chi connectivity index (χ4n) is 6.48. The number of fused-ring (bicyclic) bond motifs is 10. The van der Waals surface area contributed by atoms with Gasteiger partial charge in [0, 0.05) is 35.1 Å². The molecule has 0 aliphatic carbocycles. The third-order valence-electron chi connectivity index (χ3n) is 8.09. The molecule has 172 valence electrons. The highest BCUT2D eigenvalue weighted by molar-refractivity contribution is 5.83. The van der Waals surface area contributed by atoms with Gasteiger partial charge in [-0.25, -0.2) is 0 Å². The van der Waals surface area contributed by atoms with Crippen molar-refractivity contribution in [1.29, 1.82) is 0 Å². The molecule has 2 heteroatoms. The minimum Gasteiger partial charge on any atom is -0.337 e. The second-order valence-electron chi connectivity index (χ2n) is 11.0. The molecule has 0 amide bonds. The smallest absolute Gasteiger partial charge is 0.168 e. The Morgan fingerprint density at radius 1 is 0.829 bits per heavy atom. The van der Waals surface area contributed by atoms with Gasteiger partial charge in [-0.05, 0) is 45.9 Å². The Bertz CT molecular complexity index is 1460. The normalized spacial score (nSPS) is 23.6. The maximum Gasteiger partial charge on any atom is 0.168 e. The van der Waals surface area contributed by atoms with E-state index in [1.54, 1.807) is 0 Å². The van der Waals surface area contributed by atoms with Gasteiger partial charge in [-0.15, -0.1) is 0 Å². The van der Waals surface area contributed by atoms with Crippen LogP contribution in [0.25, 0.3) is 16.8 Å². The Hall–Kier alpha value is -3.78. The first kappa shape index (κ1) is 20.6. The average molecular weight is 455 g/mol. The fourth-order valence-corrected chi connectivity index (χ4v) is 6.48. The van der Waals surface area contributed by atoms with E-state index in [0.717, 1.165) is 6.54 Å². The van der Waals surface area contributed by atoms with Gasteiger partial charge in [-0.3, -0.25) is 0 Å². The molecule has 0 N–H and O–H groups in total. The van der Waals surface area contributed by atoms with Crippen LogP contribution < -0.4 is 0 Å². The molecule has 3 aromatic rings. The van der Waals surface area contributed by atoms with E-state index in [9.17, 15) is 0 Å². The third kappa shape index (κ3) is 2.71. The van der Waals surface area contributed by atoms with Gasteiger partial charge in [0.25, 0.3) is 0 Å². The third-order valence-corrected chi connectivity index (χ3v) is 8.09. The molecule has 35 heavy (non-hydrogen) atoms. The molecule has 7 rings (SSSR count). The van der Waals surface area contributed by atoms with Crippen LogP contribution in [0.5, 0.6) is 0 Å². The zero-order valence-corrected chi connectivity index (χ0v) is 20.6. The number of hydrogen-bond acceptors (Lipinski definition) is 2. The highest BCUT2D eigenvalue weighted by atomic mass is 15.4. The maximum absolute atomic E-state index is 2.64. The molecule has 4 heterocycles. The number of allylic oxidation sites excluding steroid dienone is 4. The van der Waals surface area contributed by atoms with Crippen LogP contribution >= 0.6 is 0 Å². The molecule has 3 aromatic carbocycles. The summed E-state index contributed by atoms with van der Waals surface area (Å²) in [6.45, 7) is 7.84. The van der Waals surface area contributed by atoms with Crippen molar-refractivity contribution >= 4 is 5.70 Å². The lowest BCUT2D eigenvalue weighted by Crippen LogP contribution is -2.51. The van der Waals surface area contributed by atoms with Crippen LogP contribution in [0.3, 0.4) is 0 Å². The number of nitrogens with zero attached hydrogens (tertiary/aromatic N) is 2. The summed E-state index contributed by atoms with van der Waals surface area (Å²) in [6.07, 6.45) is 13.9. The summed E-state index contributed by atoms with van der Waals surface area (Å²) in [6, 6.07) is 27.1. The molecule has 0 bridgehead atoms. The fraction of sp³-hybridized carbons (Fsp3) is 0.212. The largest absolute Gasteiger partial charge is 0.337 e. The van der Waals surface area contributed by atoms with Crippen molar-refractivity contribution in [2.75, 3.05) is 6.54 Å². The highest BCUT2D eigenvalue weighted by Gasteiger charge is 2.59. The minimum absolute atomic E-state index is 0.107. The molecule has 4 aliphatic heterocycles. The van der Waals surface area contributed by atoms with Crippen molar-refractivity contribution in [3.8, 4) is 11.1 Å². The Kier molecular flexibility index (Phi) is 4.18. The lowest BCUT2D eigenvalue weighted by atomic mass is 9.84. The van der Waals surface area contributed by atoms with Crippen LogP contribution in [0.2, 0.25) is 0 Å². The summed E-state index contributed by atoms with van der Waals surface area (Å²) in [5.41, 5.74) is 10.6. The highest BCUT2D eigenvalue weighted by Crippen LogP contribution is 2.61. The zero-order chi connectivity index (χ0) is 23.8. The average Bonchev–Trinajstić information content (AvgIpc) is 3.35. The first-order chi connectivity index (χ1) is 17.0. The molecule has 1 spiro atoms. The van der Waals surface area contributed by atoms with Crippen LogP contribution in [0.1, 0.15) is 49.1 Å². The first-order valence-corrected chi connectivity index (χ1v) is 12.6. The molecule has 0 saturated carbocycles. The summed E-state index contributed by atoms with van der Waals surface area (Å²) >= 11 is 0. The van der Waals surface area contributed by atoms with E-state index in [1.807, 2.05) is 0 Å². The predicted molar refractivity (Wildman–Crippen MR) is 144 cm³/mol. The van der Waals surface area contributed by atoms with Crippen molar-refractivity contribution in [2.45, 2.75) is 32.5 Å². The molecular weight excluding hydrogens is 424 g/mol. The Morgan fingerprint density at radius 2 is 1.63 bits per heavy atom. The van der Waals surface area contributed by atoms with Crippen LogP contribution in [0.15, 0.2) is 115 Å². The van der Waals surface area contributed by atoms with Gasteiger partial charge in [0.15, 0.2) is 5.66 Å². The van der Waals surface area contributed by atoms with Gasteiger partial charge < -0.3 is 9.80 Å².